The predicted molar refractivity (Wildman–Crippen MR) is 76.2 cm³/mol. The third-order valence-electron chi connectivity index (χ3n) is 3.36. The number of nitrogens with two attached hydrogens (primary N) is 1. The van der Waals surface area contributed by atoms with Crippen LogP contribution in [0.2, 0.25) is 0 Å². The van der Waals surface area contributed by atoms with Crippen LogP contribution in [0.5, 0.6) is 0 Å². The van der Waals surface area contributed by atoms with Crippen molar-refractivity contribution in [3.8, 4) is 0 Å². The van der Waals surface area contributed by atoms with E-state index in [0.29, 0.717) is 5.69 Å². The zero-order valence-electron chi connectivity index (χ0n) is 11.3. The number of sulfone groups is 1. The third-order valence-corrected chi connectivity index (χ3v) is 4.51. The molecule has 19 heavy (non-hydrogen) atoms. The summed E-state index contributed by atoms with van der Waals surface area (Å²) >= 11 is 0. The average Bonchev–Trinajstić information content (AvgIpc) is 2.80. The van der Waals surface area contributed by atoms with Gasteiger partial charge in [-0.25, -0.2) is 8.42 Å². The molecule has 0 spiro atoms. The monoisotopic (exact) mass is 284 g/mol. The van der Waals surface area contributed by atoms with Gasteiger partial charge in [-0.15, -0.1) is 0 Å². The van der Waals surface area contributed by atoms with Gasteiger partial charge >= 0.3 is 0 Å². The number of para-hydroxylation sites is 1. The molecule has 6 heteroatoms. The Balaban J connectivity index is 2.24. The molecule has 2 rings (SSSR count). The van der Waals surface area contributed by atoms with Gasteiger partial charge in [-0.2, -0.15) is 0 Å². The Hall–Kier alpha value is -1.27. The number of ether oxygens (including phenoxy) is 1. The van der Waals surface area contributed by atoms with Crippen LogP contribution in [0, 0.1) is 0 Å². The van der Waals surface area contributed by atoms with Gasteiger partial charge in [0.05, 0.1) is 22.4 Å². The van der Waals surface area contributed by atoms with Gasteiger partial charge < -0.3 is 15.4 Å². The van der Waals surface area contributed by atoms with Crippen molar-refractivity contribution in [2.45, 2.75) is 23.8 Å². The van der Waals surface area contributed by atoms with Crippen LogP contribution < -0.4 is 10.6 Å². The Morgan fingerprint density at radius 2 is 2.21 bits per heavy atom. The Labute approximate surface area is 114 Å². The molecular weight excluding hydrogens is 264 g/mol. The Morgan fingerprint density at radius 1 is 1.47 bits per heavy atom. The minimum atomic E-state index is -3.30. The second kappa shape index (κ2) is 5.38. The van der Waals surface area contributed by atoms with E-state index in [1.165, 1.54) is 12.3 Å². The molecular formula is C13H20N2O3S. The standard InChI is InChI=1S/C13H20N2O3S/c1-15(9-10-5-4-8-18-10)11-6-3-7-12(13(11)14)19(2,16)17/h3,6-7,10H,4-5,8-9,14H2,1-2H3. The van der Waals surface area contributed by atoms with Gasteiger partial charge in [0.25, 0.3) is 0 Å². The quantitative estimate of drug-likeness (QED) is 0.843. The molecule has 1 aromatic carbocycles. The van der Waals surface area contributed by atoms with Crippen LogP contribution in [0.1, 0.15) is 12.8 Å². The van der Waals surface area contributed by atoms with Gasteiger partial charge in [0, 0.05) is 26.5 Å². The zero-order valence-corrected chi connectivity index (χ0v) is 12.1. The maximum absolute atomic E-state index is 11.6. The lowest BCUT2D eigenvalue weighted by Crippen LogP contribution is -2.29. The minimum Gasteiger partial charge on any atom is -0.396 e. The van der Waals surface area contributed by atoms with Crippen molar-refractivity contribution in [2.24, 2.45) is 0 Å². The molecule has 0 aliphatic carbocycles. The molecule has 0 bridgehead atoms. The van der Waals surface area contributed by atoms with Crippen LogP contribution in [-0.4, -0.2) is 41.0 Å². The van der Waals surface area contributed by atoms with E-state index in [9.17, 15) is 8.42 Å². The SMILES string of the molecule is CN(CC1CCCO1)c1cccc(S(C)(=O)=O)c1N. The normalized spacial score (nSPS) is 19.6. The minimum absolute atomic E-state index is 0.184. The van der Waals surface area contributed by atoms with Gasteiger partial charge in [-0.3, -0.25) is 0 Å². The molecule has 2 N–H and O–H groups in total. The highest BCUT2D eigenvalue weighted by atomic mass is 32.2. The van der Waals surface area contributed by atoms with Crippen LogP contribution in [0.25, 0.3) is 0 Å². The lowest BCUT2D eigenvalue weighted by molar-refractivity contribution is 0.116. The first kappa shape index (κ1) is 14.1. The summed E-state index contributed by atoms with van der Waals surface area (Å²) in [6.45, 7) is 1.52. The first-order chi connectivity index (χ1) is 8.89. The smallest absolute Gasteiger partial charge is 0.177 e. The maximum atomic E-state index is 11.6. The topological polar surface area (TPSA) is 72.6 Å². The predicted octanol–water partition coefficient (Wildman–Crippen LogP) is 1.29. The van der Waals surface area contributed by atoms with Crippen LogP contribution in [0.3, 0.4) is 0 Å². The molecule has 5 nitrogen and oxygen atoms in total. The molecule has 106 valence electrons. The number of benzene rings is 1. The van der Waals surface area contributed by atoms with Crippen molar-refractivity contribution in [1.82, 2.24) is 0 Å². The van der Waals surface area contributed by atoms with Crippen LogP contribution >= 0.6 is 0 Å². The number of hydrogen-bond donors (Lipinski definition) is 1. The van der Waals surface area contributed by atoms with Crippen molar-refractivity contribution in [2.75, 3.05) is 37.1 Å². The van der Waals surface area contributed by atoms with Crippen molar-refractivity contribution in [3.05, 3.63) is 18.2 Å². The van der Waals surface area contributed by atoms with Crippen molar-refractivity contribution < 1.29 is 13.2 Å². The molecule has 0 saturated carbocycles. The lowest BCUT2D eigenvalue weighted by Gasteiger charge is -2.24. The van der Waals surface area contributed by atoms with Gasteiger partial charge in [-0.1, -0.05) is 6.07 Å². The molecule has 1 fully saturated rings. The fraction of sp³-hybridized carbons (Fsp3) is 0.538. The summed E-state index contributed by atoms with van der Waals surface area (Å²) in [5.74, 6) is 0. The zero-order chi connectivity index (χ0) is 14.0. The molecule has 1 aliphatic rings. The number of hydrogen-bond acceptors (Lipinski definition) is 5. The highest BCUT2D eigenvalue weighted by Gasteiger charge is 2.20. The molecule has 1 aliphatic heterocycles. The molecule has 1 unspecified atom stereocenters. The Morgan fingerprint density at radius 3 is 2.79 bits per heavy atom. The summed E-state index contributed by atoms with van der Waals surface area (Å²) in [6, 6.07) is 5.08. The van der Waals surface area contributed by atoms with Crippen molar-refractivity contribution >= 4 is 21.2 Å². The van der Waals surface area contributed by atoms with Gasteiger partial charge in [0.15, 0.2) is 9.84 Å². The number of anilines is 2. The highest BCUT2D eigenvalue weighted by Crippen LogP contribution is 2.29. The van der Waals surface area contributed by atoms with E-state index in [1.807, 2.05) is 18.0 Å². The number of nitrogens with zero attached hydrogens (tertiary/aromatic N) is 1. The lowest BCUT2D eigenvalue weighted by atomic mass is 10.2. The van der Waals surface area contributed by atoms with Crippen LogP contribution in [0.15, 0.2) is 23.1 Å². The summed E-state index contributed by atoms with van der Waals surface area (Å²) in [6.07, 6.45) is 3.49. The molecule has 0 amide bonds. The number of nitrogen functional groups attached to an aromatic ring is 1. The van der Waals surface area contributed by atoms with E-state index in [2.05, 4.69) is 0 Å². The average molecular weight is 284 g/mol. The second-order valence-corrected chi connectivity index (χ2v) is 6.96. The van der Waals surface area contributed by atoms with E-state index in [-0.39, 0.29) is 11.0 Å². The molecule has 1 saturated heterocycles. The van der Waals surface area contributed by atoms with Crippen molar-refractivity contribution in [1.29, 1.82) is 0 Å². The summed E-state index contributed by atoms with van der Waals surface area (Å²) in [5, 5.41) is 0. The fourth-order valence-electron chi connectivity index (χ4n) is 2.38. The third kappa shape index (κ3) is 3.19. The van der Waals surface area contributed by atoms with E-state index < -0.39 is 9.84 Å². The second-order valence-electron chi connectivity index (χ2n) is 4.98. The van der Waals surface area contributed by atoms with E-state index >= 15 is 0 Å². The molecule has 0 aromatic heterocycles. The van der Waals surface area contributed by atoms with Gasteiger partial charge in [0.1, 0.15) is 0 Å². The fourth-order valence-corrected chi connectivity index (χ4v) is 3.21. The molecule has 1 aromatic rings. The van der Waals surface area contributed by atoms with Gasteiger partial charge in [0.2, 0.25) is 0 Å². The van der Waals surface area contributed by atoms with E-state index in [1.54, 1.807) is 6.07 Å². The summed E-state index contributed by atoms with van der Waals surface area (Å²) in [4.78, 5) is 2.14. The van der Waals surface area contributed by atoms with Gasteiger partial charge in [-0.05, 0) is 25.0 Å². The van der Waals surface area contributed by atoms with E-state index in [0.717, 1.165) is 31.7 Å². The summed E-state index contributed by atoms with van der Waals surface area (Å²) < 4.78 is 28.9. The Kier molecular flexibility index (Phi) is 4.01. The number of likely N-dealkylation sites (N-methyl/N-ethyl adjacent to an activating group) is 1. The largest absolute Gasteiger partial charge is 0.396 e. The number of rotatable bonds is 4. The van der Waals surface area contributed by atoms with Crippen molar-refractivity contribution in [3.63, 3.8) is 0 Å². The summed E-state index contributed by atoms with van der Waals surface area (Å²) in [7, 11) is -1.40. The molecule has 1 atom stereocenters. The van der Waals surface area contributed by atoms with Crippen LogP contribution in [-0.2, 0) is 14.6 Å². The first-order valence-corrected chi connectivity index (χ1v) is 8.20. The highest BCUT2D eigenvalue weighted by molar-refractivity contribution is 7.90. The Bertz CT molecular complexity index is 551. The first-order valence-electron chi connectivity index (χ1n) is 6.31. The van der Waals surface area contributed by atoms with Crippen LogP contribution in [0.4, 0.5) is 11.4 Å². The molecule has 1 heterocycles. The molecule has 0 radical (unpaired) electrons. The summed E-state index contributed by atoms with van der Waals surface area (Å²) in [5.41, 5.74) is 7.03. The van der Waals surface area contributed by atoms with E-state index in [4.69, 9.17) is 10.5 Å². The maximum Gasteiger partial charge on any atom is 0.177 e.